The number of hydrogen-bond acceptors (Lipinski definition) is 3. The highest BCUT2D eigenvalue weighted by Crippen LogP contribution is 2.26. The topological polar surface area (TPSA) is 58.4 Å². The van der Waals surface area contributed by atoms with Crippen LogP contribution in [0.1, 0.15) is 48.9 Å². The van der Waals surface area contributed by atoms with Gasteiger partial charge in [-0.2, -0.15) is 0 Å². The van der Waals surface area contributed by atoms with Crippen molar-refractivity contribution in [3.05, 3.63) is 29.8 Å². The number of nitrogens with zero attached hydrogens (tertiary/aromatic N) is 1. The van der Waals surface area contributed by atoms with Gasteiger partial charge in [0.25, 0.3) is 5.91 Å². The fourth-order valence-electron chi connectivity index (χ4n) is 3.63. The van der Waals surface area contributed by atoms with Gasteiger partial charge in [0, 0.05) is 36.4 Å². The number of hydrogen-bond donors (Lipinski definition) is 2. The summed E-state index contributed by atoms with van der Waals surface area (Å²) in [7, 11) is 0. The smallest absolute Gasteiger partial charge is 0.251 e. The number of nitrogens with one attached hydrogen (secondary N) is 1. The molecular formula is C17H25N3O. The maximum atomic E-state index is 12.2. The van der Waals surface area contributed by atoms with E-state index in [4.69, 9.17) is 5.73 Å². The summed E-state index contributed by atoms with van der Waals surface area (Å²) in [4.78, 5) is 14.8. The molecule has 2 aliphatic rings. The Morgan fingerprint density at radius 2 is 1.86 bits per heavy atom. The van der Waals surface area contributed by atoms with Gasteiger partial charge in [-0.05, 0) is 43.9 Å². The lowest BCUT2D eigenvalue weighted by Gasteiger charge is -2.36. The Hall–Kier alpha value is -1.55. The zero-order valence-corrected chi connectivity index (χ0v) is 12.6. The molecule has 1 aliphatic heterocycles. The molecule has 1 aromatic carbocycles. The normalized spacial score (nSPS) is 21.5. The van der Waals surface area contributed by atoms with E-state index < -0.39 is 0 Å². The molecule has 114 valence electrons. The number of amides is 1. The van der Waals surface area contributed by atoms with Crippen molar-refractivity contribution in [2.45, 2.75) is 50.6 Å². The second-order valence-corrected chi connectivity index (χ2v) is 6.35. The third-order valence-electron chi connectivity index (χ3n) is 4.85. The number of carbonyl (C=O) groups excluding carboxylic acids is 1. The minimum Gasteiger partial charge on any atom is -0.399 e. The average Bonchev–Trinajstić information content (AvgIpc) is 3.02. The molecule has 21 heavy (non-hydrogen) atoms. The third kappa shape index (κ3) is 3.56. The fraction of sp³-hybridized carbons (Fsp3) is 0.588. The second kappa shape index (κ2) is 6.48. The molecule has 0 radical (unpaired) electrons. The minimum absolute atomic E-state index is 0.00150. The molecule has 3 rings (SSSR count). The van der Waals surface area contributed by atoms with Crippen LogP contribution in [0.25, 0.3) is 0 Å². The second-order valence-electron chi connectivity index (χ2n) is 6.35. The van der Waals surface area contributed by atoms with Crippen LogP contribution in [0, 0.1) is 0 Å². The Morgan fingerprint density at radius 1 is 1.14 bits per heavy atom. The summed E-state index contributed by atoms with van der Waals surface area (Å²) in [6, 6.07) is 8.29. The molecular weight excluding hydrogens is 262 g/mol. The molecule has 0 atom stereocenters. The van der Waals surface area contributed by atoms with E-state index >= 15 is 0 Å². The first-order valence-electron chi connectivity index (χ1n) is 8.13. The van der Waals surface area contributed by atoms with E-state index in [1.54, 1.807) is 12.1 Å². The van der Waals surface area contributed by atoms with Crippen LogP contribution >= 0.6 is 0 Å². The fourth-order valence-corrected chi connectivity index (χ4v) is 3.63. The number of nitrogen functional groups attached to an aromatic ring is 1. The summed E-state index contributed by atoms with van der Waals surface area (Å²) in [6.07, 6.45) is 7.61. The lowest BCUT2D eigenvalue weighted by molar-refractivity contribution is 0.0892. The number of nitrogens with two attached hydrogens (primary N) is 1. The van der Waals surface area contributed by atoms with E-state index in [0.717, 1.165) is 32.0 Å². The highest BCUT2D eigenvalue weighted by molar-refractivity contribution is 5.95. The molecule has 1 saturated carbocycles. The van der Waals surface area contributed by atoms with Crippen LogP contribution in [0.4, 0.5) is 5.69 Å². The quantitative estimate of drug-likeness (QED) is 0.839. The lowest BCUT2D eigenvalue weighted by atomic mass is 10.0. The Bertz CT molecular complexity index is 489. The maximum Gasteiger partial charge on any atom is 0.251 e. The largest absolute Gasteiger partial charge is 0.399 e. The molecule has 4 heteroatoms. The molecule has 1 heterocycles. The zero-order valence-electron chi connectivity index (χ0n) is 12.6. The summed E-state index contributed by atoms with van der Waals surface area (Å²) < 4.78 is 0. The molecule has 0 bridgehead atoms. The molecule has 3 N–H and O–H groups in total. The van der Waals surface area contributed by atoms with Crippen LogP contribution in [-0.4, -0.2) is 36.0 Å². The van der Waals surface area contributed by atoms with Crippen molar-refractivity contribution >= 4 is 11.6 Å². The average molecular weight is 287 g/mol. The van der Waals surface area contributed by atoms with Crippen LogP contribution < -0.4 is 11.1 Å². The first-order valence-corrected chi connectivity index (χ1v) is 8.13. The van der Waals surface area contributed by atoms with Crippen molar-refractivity contribution in [3.63, 3.8) is 0 Å². The Labute approximate surface area is 126 Å². The van der Waals surface area contributed by atoms with E-state index in [1.807, 2.05) is 12.1 Å². The molecule has 4 nitrogen and oxygen atoms in total. The van der Waals surface area contributed by atoms with Crippen LogP contribution in [-0.2, 0) is 0 Å². The molecule has 2 fully saturated rings. The first-order chi connectivity index (χ1) is 10.2. The summed E-state index contributed by atoms with van der Waals surface area (Å²) in [5.41, 5.74) is 7.03. The van der Waals surface area contributed by atoms with Gasteiger partial charge >= 0.3 is 0 Å². The number of likely N-dealkylation sites (tertiary alicyclic amines) is 1. The lowest BCUT2D eigenvalue weighted by Crippen LogP contribution is -2.47. The standard InChI is InChI=1S/C17H25N3O/c18-14-5-3-4-13(12-14)17(21)19-15-8-10-20(11-9-15)16-6-1-2-7-16/h3-5,12,15-16H,1-2,6-11,18H2,(H,19,21). The van der Waals surface area contributed by atoms with Gasteiger partial charge in [0.1, 0.15) is 0 Å². The van der Waals surface area contributed by atoms with Crippen LogP contribution in [0.15, 0.2) is 24.3 Å². The minimum atomic E-state index is 0.00150. The van der Waals surface area contributed by atoms with Gasteiger partial charge in [0.15, 0.2) is 0 Å². The van der Waals surface area contributed by atoms with E-state index in [1.165, 1.54) is 25.7 Å². The molecule has 1 aliphatic carbocycles. The van der Waals surface area contributed by atoms with Gasteiger partial charge in [-0.25, -0.2) is 0 Å². The van der Waals surface area contributed by atoms with Crippen molar-refractivity contribution in [1.29, 1.82) is 0 Å². The summed E-state index contributed by atoms with van der Waals surface area (Å²) >= 11 is 0. The SMILES string of the molecule is Nc1cccc(C(=O)NC2CCN(C3CCCC3)CC2)c1. The maximum absolute atomic E-state index is 12.2. The van der Waals surface area contributed by atoms with Crippen molar-refractivity contribution < 1.29 is 4.79 Å². The summed E-state index contributed by atoms with van der Waals surface area (Å²) in [5.74, 6) is 0.00150. The van der Waals surface area contributed by atoms with Crippen molar-refractivity contribution in [3.8, 4) is 0 Å². The first kappa shape index (κ1) is 14.4. The van der Waals surface area contributed by atoms with Crippen molar-refractivity contribution in [2.75, 3.05) is 18.8 Å². The van der Waals surface area contributed by atoms with Gasteiger partial charge in [0.2, 0.25) is 0 Å². The summed E-state index contributed by atoms with van der Waals surface area (Å²) in [5, 5.41) is 3.15. The van der Waals surface area contributed by atoms with E-state index in [0.29, 0.717) is 17.3 Å². The highest BCUT2D eigenvalue weighted by atomic mass is 16.1. The van der Waals surface area contributed by atoms with E-state index in [2.05, 4.69) is 10.2 Å². The van der Waals surface area contributed by atoms with Gasteiger partial charge in [-0.3, -0.25) is 4.79 Å². The predicted octanol–water partition coefficient (Wildman–Crippen LogP) is 2.41. The Morgan fingerprint density at radius 3 is 2.52 bits per heavy atom. The van der Waals surface area contributed by atoms with Crippen LogP contribution in [0.3, 0.4) is 0 Å². The molecule has 1 saturated heterocycles. The van der Waals surface area contributed by atoms with Crippen LogP contribution in [0.5, 0.6) is 0 Å². The highest BCUT2D eigenvalue weighted by Gasteiger charge is 2.27. The molecule has 1 aromatic rings. The number of rotatable bonds is 3. The molecule has 0 aromatic heterocycles. The van der Waals surface area contributed by atoms with Crippen molar-refractivity contribution in [2.24, 2.45) is 0 Å². The third-order valence-corrected chi connectivity index (χ3v) is 4.85. The van der Waals surface area contributed by atoms with E-state index in [9.17, 15) is 4.79 Å². The summed E-state index contributed by atoms with van der Waals surface area (Å²) in [6.45, 7) is 2.24. The van der Waals surface area contributed by atoms with E-state index in [-0.39, 0.29) is 5.91 Å². The number of benzene rings is 1. The van der Waals surface area contributed by atoms with Gasteiger partial charge < -0.3 is 16.0 Å². The zero-order chi connectivity index (χ0) is 14.7. The van der Waals surface area contributed by atoms with Gasteiger partial charge in [0.05, 0.1) is 0 Å². The molecule has 0 spiro atoms. The number of carbonyl (C=O) groups is 1. The number of anilines is 1. The van der Waals surface area contributed by atoms with Crippen LogP contribution in [0.2, 0.25) is 0 Å². The monoisotopic (exact) mass is 287 g/mol. The number of piperidine rings is 1. The molecule has 1 amide bonds. The predicted molar refractivity (Wildman–Crippen MR) is 85.2 cm³/mol. The molecule has 0 unspecified atom stereocenters. The Kier molecular flexibility index (Phi) is 4.44. The van der Waals surface area contributed by atoms with Gasteiger partial charge in [-0.1, -0.05) is 18.9 Å². The Balaban J connectivity index is 1.49. The van der Waals surface area contributed by atoms with Crippen molar-refractivity contribution in [1.82, 2.24) is 10.2 Å². The van der Waals surface area contributed by atoms with Gasteiger partial charge in [-0.15, -0.1) is 0 Å².